The van der Waals surface area contributed by atoms with Gasteiger partial charge in [0.2, 0.25) is 0 Å². The number of hydrazine groups is 1. The third kappa shape index (κ3) is 1.95. The van der Waals surface area contributed by atoms with E-state index in [2.05, 4.69) is 15.4 Å². The smallest absolute Gasteiger partial charge is 0.295 e. The van der Waals surface area contributed by atoms with Gasteiger partial charge in [-0.05, 0) is 6.07 Å². The number of rotatable bonds is 3. The third-order valence-corrected chi connectivity index (χ3v) is 2.57. The van der Waals surface area contributed by atoms with Crippen molar-refractivity contribution in [1.82, 2.24) is 9.97 Å². The fourth-order valence-corrected chi connectivity index (χ4v) is 1.67. The van der Waals surface area contributed by atoms with Gasteiger partial charge < -0.3 is 5.43 Å². The first kappa shape index (κ1) is 12.2. The second kappa shape index (κ2) is 4.53. The number of hydrogen-bond acceptors (Lipinski definition) is 6. The molecule has 0 atom stereocenters. The van der Waals surface area contributed by atoms with Crippen LogP contribution >= 0.6 is 0 Å². The summed E-state index contributed by atoms with van der Waals surface area (Å²) >= 11 is 0. The highest BCUT2D eigenvalue weighted by Crippen LogP contribution is 2.28. The highest BCUT2D eigenvalue weighted by atomic mass is 16.6. The largest absolute Gasteiger partial charge is 0.308 e. The van der Waals surface area contributed by atoms with Crippen molar-refractivity contribution in [2.24, 2.45) is 5.84 Å². The summed E-state index contributed by atoms with van der Waals surface area (Å²) in [6.45, 7) is 3.83. The average Bonchev–Trinajstić information content (AvgIpc) is 2.36. The Morgan fingerprint density at radius 1 is 1.39 bits per heavy atom. The van der Waals surface area contributed by atoms with E-state index >= 15 is 0 Å². The van der Waals surface area contributed by atoms with Crippen LogP contribution in [0.25, 0.3) is 10.9 Å². The van der Waals surface area contributed by atoms with E-state index in [1.165, 1.54) is 6.07 Å². The van der Waals surface area contributed by atoms with E-state index in [0.29, 0.717) is 22.5 Å². The van der Waals surface area contributed by atoms with Crippen molar-refractivity contribution in [3.8, 4) is 0 Å². The van der Waals surface area contributed by atoms with Crippen molar-refractivity contribution in [1.29, 1.82) is 0 Å². The third-order valence-electron chi connectivity index (χ3n) is 2.57. The highest BCUT2D eigenvalue weighted by Gasteiger charge is 2.18. The summed E-state index contributed by atoms with van der Waals surface area (Å²) in [5, 5.41) is 11.5. The molecule has 7 heteroatoms. The molecule has 0 saturated heterocycles. The van der Waals surface area contributed by atoms with E-state index in [9.17, 15) is 10.1 Å². The van der Waals surface area contributed by atoms with Crippen molar-refractivity contribution in [2.75, 3.05) is 5.43 Å². The Morgan fingerprint density at radius 2 is 2.11 bits per heavy atom. The molecule has 1 aromatic carbocycles. The number of nitrogens with zero attached hydrogens (tertiary/aromatic N) is 3. The number of fused-ring (bicyclic) bond motifs is 1. The zero-order valence-electron chi connectivity index (χ0n) is 10.0. The Balaban J connectivity index is 2.84. The Hall–Kier alpha value is -2.28. The lowest BCUT2D eigenvalue weighted by Crippen LogP contribution is -2.12. The molecule has 3 N–H and O–H groups in total. The summed E-state index contributed by atoms with van der Waals surface area (Å²) < 4.78 is 0. The van der Waals surface area contributed by atoms with Gasteiger partial charge >= 0.3 is 0 Å². The number of nitrogen functional groups attached to an aromatic ring is 1. The van der Waals surface area contributed by atoms with Gasteiger partial charge in [0.25, 0.3) is 5.69 Å². The number of nitro benzene ring substituents is 1. The second-order valence-electron chi connectivity index (χ2n) is 4.16. The molecule has 0 aliphatic heterocycles. The molecule has 2 rings (SSSR count). The van der Waals surface area contributed by atoms with Crippen LogP contribution in [0.1, 0.15) is 25.6 Å². The maximum Gasteiger partial charge on any atom is 0.295 e. The molecule has 0 aliphatic carbocycles. The first-order chi connectivity index (χ1) is 8.54. The minimum atomic E-state index is -0.459. The molecule has 1 aromatic heterocycles. The van der Waals surface area contributed by atoms with E-state index < -0.39 is 4.92 Å². The molecule has 94 valence electrons. The summed E-state index contributed by atoms with van der Waals surface area (Å²) in [4.78, 5) is 19.0. The Kier molecular flexibility index (Phi) is 3.07. The van der Waals surface area contributed by atoms with Crippen LogP contribution in [0.5, 0.6) is 0 Å². The zero-order valence-corrected chi connectivity index (χ0v) is 10.0. The minimum absolute atomic E-state index is 0.0479. The van der Waals surface area contributed by atoms with Crippen LogP contribution in [0.4, 0.5) is 11.5 Å². The molecule has 0 bridgehead atoms. The number of nitrogens with two attached hydrogens (primary N) is 1. The highest BCUT2D eigenvalue weighted by molar-refractivity contribution is 5.94. The maximum atomic E-state index is 11.0. The van der Waals surface area contributed by atoms with Crippen molar-refractivity contribution >= 4 is 22.4 Å². The molecular weight excluding hydrogens is 234 g/mol. The molecule has 18 heavy (non-hydrogen) atoms. The molecule has 0 radical (unpaired) electrons. The van der Waals surface area contributed by atoms with Gasteiger partial charge in [-0.1, -0.05) is 19.9 Å². The number of anilines is 1. The average molecular weight is 247 g/mol. The first-order valence-corrected chi connectivity index (χ1v) is 5.46. The van der Waals surface area contributed by atoms with E-state index in [0.717, 1.165) is 0 Å². The lowest BCUT2D eigenvalue weighted by Gasteiger charge is -2.09. The number of non-ortho nitro benzene ring substituents is 1. The molecule has 0 fully saturated rings. The van der Waals surface area contributed by atoms with Crippen LogP contribution in [-0.4, -0.2) is 14.9 Å². The lowest BCUT2D eigenvalue weighted by molar-refractivity contribution is -0.383. The van der Waals surface area contributed by atoms with Gasteiger partial charge in [0, 0.05) is 12.0 Å². The van der Waals surface area contributed by atoms with E-state index in [1.807, 2.05) is 13.8 Å². The molecule has 0 amide bonds. The van der Waals surface area contributed by atoms with E-state index in [4.69, 9.17) is 5.84 Å². The SMILES string of the molecule is CC(C)c1nc(NN)c2cccc([N+](=O)[O-])c2n1. The van der Waals surface area contributed by atoms with Crippen molar-refractivity contribution < 1.29 is 4.92 Å². The molecule has 7 nitrogen and oxygen atoms in total. The molecule has 0 unspecified atom stereocenters. The van der Waals surface area contributed by atoms with Crippen LogP contribution in [0.15, 0.2) is 18.2 Å². The lowest BCUT2D eigenvalue weighted by atomic mass is 10.1. The van der Waals surface area contributed by atoms with Crippen LogP contribution < -0.4 is 11.3 Å². The van der Waals surface area contributed by atoms with Crippen LogP contribution in [0, 0.1) is 10.1 Å². The quantitative estimate of drug-likeness (QED) is 0.487. The Morgan fingerprint density at radius 3 is 2.67 bits per heavy atom. The number of nitrogens with one attached hydrogen (secondary N) is 1. The van der Waals surface area contributed by atoms with Crippen LogP contribution in [0.2, 0.25) is 0 Å². The number of hydrogen-bond donors (Lipinski definition) is 2. The van der Waals surface area contributed by atoms with Gasteiger partial charge in [0.15, 0.2) is 11.3 Å². The van der Waals surface area contributed by atoms with Gasteiger partial charge in [-0.3, -0.25) is 10.1 Å². The second-order valence-corrected chi connectivity index (χ2v) is 4.16. The summed E-state index contributed by atoms with van der Waals surface area (Å²) in [6, 6.07) is 4.70. The van der Waals surface area contributed by atoms with Gasteiger partial charge in [-0.25, -0.2) is 15.8 Å². The predicted molar refractivity (Wildman–Crippen MR) is 68.1 cm³/mol. The normalized spacial score (nSPS) is 10.9. The van der Waals surface area contributed by atoms with Crippen LogP contribution in [-0.2, 0) is 0 Å². The molecule has 0 aliphatic rings. The minimum Gasteiger partial charge on any atom is -0.308 e. The number of nitro groups is 1. The maximum absolute atomic E-state index is 11.0. The monoisotopic (exact) mass is 247 g/mol. The first-order valence-electron chi connectivity index (χ1n) is 5.46. The molecule has 0 spiro atoms. The summed E-state index contributed by atoms with van der Waals surface area (Å²) in [5.41, 5.74) is 2.71. The Labute approximate surface area is 103 Å². The molecule has 0 saturated carbocycles. The van der Waals surface area contributed by atoms with Gasteiger partial charge in [-0.15, -0.1) is 0 Å². The standard InChI is InChI=1S/C11H13N5O2/c1-6(2)10-13-9-7(11(14-10)15-12)4-3-5-8(9)16(17)18/h3-6H,12H2,1-2H3,(H,13,14,15). The van der Waals surface area contributed by atoms with Gasteiger partial charge in [0.1, 0.15) is 5.82 Å². The molecule has 2 aromatic rings. The van der Waals surface area contributed by atoms with Gasteiger partial charge in [0.05, 0.1) is 10.3 Å². The van der Waals surface area contributed by atoms with E-state index in [-0.39, 0.29) is 11.6 Å². The van der Waals surface area contributed by atoms with Crippen molar-refractivity contribution in [3.05, 3.63) is 34.1 Å². The fraction of sp³-hybridized carbons (Fsp3) is 0.273. The van der Waals surface area contributed by atoms with E-state index in [1.54, 1.807) is 12.1 Å². The summed E-state index contributed by atoms with van der Waals surface area (Å²) in [6.07, 6.45) is 0. The molecular formula is C11H13N5O2. The zero-order chi connectivity index (χ0) is 13.3. The van der Waals surface area contributed by atoms with Gasteiger partial charge in [-0.2, -0.15) is 0 Å². The Bertz CT molecular complexity index is 612. The molecule has 1 heterocycles. The number of benzene rings is 1. The number of para-hydroxylation sites is 1. The number of aromatic nitrogens is 2. The van der Waals surface area contributed by atoms with Crippen molar-refractivity contribution in [3.63, 3.8) is 0 Å². The topological polar surface area (TPSA) is 107 Å². The predicted octanol–water partition coefficient (Wildman–Crippen LogP) is 1.95. The fourth-order valence-electron chi connectivity index (χ4n) is 1.67. The summed E-state index contributed by atoms with van der Waals surface area (Å²) in [7, 11) is 0. The van der Waals surface area contributed by atoms with Crippen molar-refractivity contribution in [2.45, 2.75) is 19.8 Å². The summed E-state index contributed by atoms with van der Waals surface area (Å²) in [5.74, 6) is 6.37. The van der Waals surface area contributed by atoms with Crippen LogP contribution in [0.3, 0.4) is 0 Å².